The molecule has 7 nitrogen and oxygen atoms in total. The summed E-state index contributed by atoms with van der Waals surface area (Å²) in [5, 5.41) is 9.82. The molecule has 0 spiro atoms. The van der Waals surface area contributed by atoms with Crippen LogP contribution in [0.3, 0.4) is 0 Å². The number of amides is 1. The smallest absolute Gasteiger partial charge is 0.405 e. The number of nitrogens with zero attached hydrogens (tertiary/aromatic N) is 3. The average molecular weight is 440 g/mol. The highest BCUT2D eigenvalue weighted by molar-refractivity contribution is 8.00. The standard InChI is InChI=1S/C19H19F3N4O3S/c1-12(17(27)23-11-19(20,21)22)30-18-25-24-16(13-5-7-14(28-2)8-6-13)26(18)10-15-4-3-9-29-15/h3-9,12H,10-11H2,1-2H3,(H,23,27). The third-order valence-electron chi connectivity index (χ3n) is 4.07. The van der Waals surface area contributed by atoms with Gasteiger partial charge in [0.1, 0.15) is 18.1 Å². The molecule has 160 valence electrons. The highest BCUT2D eigenvalue weighted by Gasteiger charge is 2.29. The lowest BCUT2D eigenvalue weighted by Gasteiger charge is -2.14. The quantitative estimate of drug-likeness (QED) is 0.537. The first-order chi connectivity index (χ1) is 14.3. The summed E-state index contributed by atoms with van der Waals surface area (Å²) in [4.78, 5) is 12.0. The molecule has 1 unspecified atom stereocenters. The number of furan rings is 1. The van der Waals surface area contributed by atoms with Crippen molar-refractivity contribution in [1.29, 1.82) is 0 Å². The molecule has 30 heavy (non-hydrogen) atoms. The Morgan fingerprint density at radius 3 is 2.60 bits per heavy atom. The summed E-state index contributed by atoms with van der Waals surface area (Å²) < 4.78 is 49.4. The number of hydrogen-bond donors (Lipinski definition) is 1. The highest BCUT2D eigenvalue weighted by atomic mass is 32.2. The Balaban J connectivity index is 1.84. The molecule has 3 rings (SSSR count). The number of thioether (sulfide) groups is 1. The van der Waals surface area contributed by atoms with E-state index >= 15 is 0 Å². The van der Waals surface area contributed by atoms with Crippen LogP contribution in [0, 0.1) is 0 Å². The number of benzene rings is 1. The van der Waals surface area contributed by atoms with Gasteiger partial charge in [0.2, 0.25) is 5.91 Å². The molecule has 0 aliphatic carbocycles. The normalized spacial score (nSPS) is 12.6. The van der Waals surface area contributed by atoms with Gasteiger partial charge in [-0.15, -0.1) is 10.2 Å². The summed E-state index contributed by atoms with van der Waals surface area (Å²) >= 11 is 1.02. The zero-order chi connectivity index (χ0) is 21.7. The first-order valence-electron chi connectivity index (χ1n) is 8.88. The van der Waals surface area contributed by atoms with Crippen molar-refractivity contribution < 1.29 is 27.1 Å². The van der Waals surface area contributed by atoms with Gasteiger partial charge in [0.05, 0.1) is 25.2 Å². The van der Waals surface area contributed by atoms with Crippen molar-refractivity contribution in [3.63, 3.8) is 0 Å². The molecule has 11 heteroatoms. The second kappa shape index (κ2) is 9.24. The van der Waals surface area contributed by atoms with Crippen molar-refractivity contribution in [1.82, 2.24) is 20.1 Å². The number of ether oxygens (including phenoxy) is 1. The van der Waals surface area contributed by atoms with Crippen molar-refractivity contribution in [3.05, 3.63) is 48.4 Å². The molecule has 1 aromatic carbocycles. The summed E-state index contributed by atoms with van der Waals surface area (Å²) in [6.07, 6.45) is -2.94. The Labute approximate surface area is 174 Å². The Hall–Kier alpha value is -2.95. The fourth-order valence-corrected chi connectivity index (χ4v) is 3.45. The molecule has 2 heterocycles. The lowest BCUT2D eigenvalue weighted by molar-refractivity contribution is -0.137. The molecule has 0 saturated heterocycles. The summed E-state index contributed by atoms with van der Waals surface area (Å²) in [5.41, 5.74) is 0.760. The predicted octanol–water partition coefficient (Wildman–Crippen LogP) is 3.75. The zero-order valence-electron chi connectivity index (χ0n) is 16.1. The molecule has 0 bridgehead atoms. The zero-order valence-corrected chi connectivity index (χ0v) is 17.0. The average Bonchev–Trinajstić information content (AvgIpc) is 3.36. The number of halogens is 3. The van der Waals surface area contributed by atoms with Crippen LogP contribution >= 0.6 is 11.8 Å². The Morgan fingerprint density at radius 2 is 2.00 bits per heavy atom. The van der Waals surface area contributed by atoms with Crippen molar-refractivity contribution in [2.45, 2.75) is 30.1 Å². The van der Waals surface area contributed by atoms with E-state index in [1.165, 1.54) is 13.2 Å². The van der Waals surface area contributed by atoms with E-state index in [0.29, 0.717) is 29.0 Å². The predicted molar refractivity (Wildman–Crippen MR) is 104 cm³/mol. The molecule has 2 aromatic heterocycles. The van der Waals surface area contributed by atoms with Crippen LogP contribution in [0.4, 0.5) is 13.2 Å². The van der Waals surface area contributed by atoms with Crippen LogP contribution in [0.2, 0.25) is 0 Å². The fraction of sp³-hybridized carbons (Fsp3) is 0.316. The molecule has 3 aromatic rings. The van der Waals surface area contributed by atoms with Gasteiger partial charge in [-0.25, -0.2) is 0 Å². The van der Waals surface area contributed by atoms with Gasteiger partial charge < -0.3 is 14.5 Å². The maximum Gasteiger partial charge on any atom is 0.405 e. The summed E-state index contributed by atoms with van der Waals surface area (Å²) in [5.74, 6) is 1.11. The number of carbonyl (C=O) groups excluding carboxylic acids is 1. The topological polar surface area (TPSA) is 82.2 Å². The largest absolute Gasteiger partial charge is 0.497 e. The van der Waals surface area contributed by atoms with Crippen LogP contribution in [0.25, 0.3) is 11.4 Å². The van der Waals surface area contributed by atoms with E-state index in [1.54, 1.807) is 35.9 Å². The van der Waals surface area contributed by atoms with Crippen LogP contribution in [0.1, 0.15) is 12.7 Å². The number of alkyl halides is 3. The molecule has 0 aliphatic heterocycles. The summed E-state index contributed by atoms with van der Waals surface area (Å²) in [6.45, 7) is 0.419. The van der Waals surface area contributed by atoms with Crippen molar-refractivity contribution >= 4 is 17.7 Å². The molecule has 1 amide bonds. The van der Waals surface area contributed by atoms with E-state index in [1.807, 2.05) is 17.4 Å². The first kappa shape index (κ1) is 21.8. The lowest BCUT2D eigenvalue weighted by atomic mass is 10.2. The van der Waals surface area contributed by atoms with Crippen LogP contribution in [-0.4, -0.2) is 45.8 Å². The maximum atomic E-state index is 12.4. The van der Waals surface area contributed by atoms with E-state index in [9.17, 15) is 18.0 Å². The Kier molecular flexibility index (Phi) is 6.70. The molecule has 0 aliphatic rings. The minimum atomic E-state index is -4.47. The van der Waals surface area contributed by atoms with Crippen LogP contribution in [0.5, 0.6) is 5.75 Å². The maximum absolute atomic E-state index is 12.4. The van der Waals surface area contributed by atoms with Gasteiger partial charge in [0.15, 0.2) is 11.0 Å². The third-order valence-corrected chi connectivity index (χ3v) is 5.15. The Morgan fingerprint density at radius 1 is 1.27 bits per heavy atom. The van der Waals surface area contributed by atoms with Gasteiger partial charge >= 0.3 is 6.18 Å². The summed E-state index contributed by atoms with van der Waals surface area (Å²) in [7, 11) is 1.56. The number of carbonyl (C=O) groups is 1. The van der Waals surface area contributed by atoms with E-state index in [0.717, 1.165) is 17.3 Å². The van der Waals surface area contributed by atoms with E-state index in [4.69, 9.17) is 9.15 Å². The summed E-state index contributed by atoms with van der Waals surface area (Å²) in [6, 6.07) is 10.7. The first-order valence-corrected chi connectivity index (χ1v) is 9.76. The minimum Gasteiger partial charge on any atom is -0.497 e. The molecule has 1 N–H and O–H groups in total. The fourth-order valence-electron chi connectivity index (χ4n) is 2.57. The monoisotopic (exact) mass is 440 g/mol. The molecule has 0 saturated carbocycles. The molecule has 1 atom stereocenters. The van der Waals surface area contributed by atoms with Crippen LogP contribution in [0.15, 0.2) is 52.2 Å². The highest BCUT2D eigenvalue weighted by Crippen LogP contribution is 2.29. The molecule has 0 fully saturated rings. The van der Waals surface area contributed by atoms with Crippen LogP contribution in [-0.2, 0) is 11.3 Å². The number of aromatic nitrogens is 3. The van der Waals surface area contributed by atoms with Gasteiger partial charge in [-0.3, -0.25) is 9.36 Å². The number of nitrogens with one attached hydrogen (secondary N) is 1. The van der Waals surface area contributed by atoms with Crippen molar-refractivity contribution in [2.75, 3.05) is 13.7 Å². The van der Waals surface area contributed by atoms with Gasteiger partial charge in [-0.1, -0.05) is 11.8 Å². The van der Waals surface area contributed by atoms with Crippen LogP contribution < -0.4 is 10.1 Å². The second-order valence-electron chi connectivity index (χ2n) is 6.29. The number of hydrogen-bond acceptors (Lipinski definition) is 6. The third kappa shape index (κ3) is 5.56. The van der Waals surface area contributed by atoms with Crippen molar-refractivity contribution in [3.8, 4) is 17.1 Å². The van der Waals surface area contributed by atoms with Crippen molar-refractivity contribution in [2.24, 2.45) is 0 Å². The van der Waals surface area contributed by atoms with Gasteiger partial charge in [-0.2, -0.15) is 13.2 Å². The van der Waals surface area contributed by atoms with Gasteiger partial charge in [0, 0.05) is 5.56 Å². The van der Waals surface area contributed by atoms with E-state index in [2.05, 4.69) is 10.2 Å². The lowest BCUT2D eigenvalue weighted by Crippen LogP contribution is -2.38. The molecular formula is C19H19F3N4O3S. The molecule has 0 radical (unpaired) electrons. The number of methoxy groups -OCH3 is 1. The molecular weight excluding hydrogens is 421 g/mol. The van der Waals surface area contributed by atoms with E-state index < -0.39 is 23.9 Å². The van der Waals surface area contributed by atoms with Gasteiger partial charge in [0.25, 0.3) is 0 Å². The van der Waals surface area contributed by atoms with Gasteiger partial charge in [-0.05, 0) is 43.3 Å². The Bertz CT molecular complexity index is 972. The number of rotatable bonds is 8. The minimum absolute atomic E-state index is 0.292. The SMILES string of the molecule is COc1ccc(-c2nnc(SC(C)C(=O)NCC(F)(F)F)n2Cc2ccco2)cc1. The van der Waals surface area contributed by atoms with E-state index in [-0.39, 0.29) is 0 Å². The second-order valence-corrected chi connectivity index (χ2v) is 7.60.